The summed E-state index contributed by atoms with van der Waals surface area (Å²) in [6.45, 7) is 3.81. The van der Waals surface area contributed by atoms with Crippen LogP contribution in [0.3, 0.4) is 0 Å². The molecule has 0 radical (unpaired) electrons. The summed E-state index contributed by atoms with van der Waals surface area (Å²) in [5.74, 6) is 1.51. The van der Waals surface area contributed by atoms with Crippen molar-refractivity contribution < 1.29 is 4.42 Å². The maximum absolute atomic E-state index is 5.61. The first-order valence-electron chi connectivity index (χ1n) is 9.15. The fourth-order valence-corrected chi connectivity index (χ4v) is 3.41. The van der Waals surface area contributed by atoms with Crippen LogP contribution in [0, 0.1) is 4.77 Å². The Bertz CT molecular complexity index is 920. The van der Waals surface area contributed by atoms with Gasteiger partial charge in [0.1, 0.15) is 0 Å². The van der Waals surface area contributed by atoms with E-state index in [2.05, 4.69) is 36.1 Å². The highest BCUT2D eigenvalue weighted by Crippen LogP contribution is 2.29. The van der Waals surface area contributed by atoms with E-state index in [9.17, 15) is 0 Å². The summed E-state index contributed by atoms with van der Waals surface area (Å²) in [7, 11) is 1.94. The van der Waals surface area contributed by atoms with E-state index >= 15 is 0 Å². The minimum absolute atomic E-state index is 0.622. The Morgan fingerprint density at radius 3 is 2.54 bits per heavy atom. The molecule has 26 heavy (non-hydrogen) atoms. The zero-order chi connectivity index (χ0) is 18.1. The smallest absolute Gasteiger partial charge is 0.199 e. The second kappa shape index (κ2) is 7.21. The molecule has 1 aliphatic rings. The van der Waals surface area contributed by atoms with Crippen molar-refractivity contribution in [2.75, 3.05) is 0 Å². The number of nitrogens with zero attached hydrogens (tertiary/aromatic N) is 4. The molecule has 0 amide bonds. The zero-order valence-corrected chi connectivity index (χ0v) is 16.1. The van der Waals surface area contributed by atoms with Crippen molar-refractivity contribution in [3.8, 4) is 11.6 Å². The predicted octanol–water partition coefficient (Wildman–Crippen LogP) is 4.40. The van der Waals surface area contributed by atoms with Crippen LogP contribution in [-0.2, 0) is 26.7 Å². The minimum Gasteiger partial charge on any atom is -0.461 e. The summed E-state index contributed by atoms with van der Waals surface area (Å²) in [4.78, 5) is 2.47. The summed E-state index contributed by atoms with van der Waals surface area (Å²) >= 11 is 5.61. The maximum atomic E-state index is 5.61. The fourth-order valence-electron chi connectivity index (χ4n) is 3.22. The van der Waals surface area contributed by atoms with Crippen LogP contribution in [0.1, 0.15) is 30.9 Å². The Kier molecular flexibility index (Phi) is 4.78. The molecule has 2 aromatic heterocycles. The molecule has 1 aliphatic carbocycles. The second-order valence-electron chi connectivity index (χ2n) is 6.93. The summed E-state index contributed by atoms with van der Waals surface area (Å²) in [6, 6.07) is 13.3. The van der Waals surface area contributed by atoms with Crippen molar-refractivity contribution >= 4 is 12.2 Å². The molecule has 0 unspecified atom stereocenters. The van der Waals surface area contributed by atoms with Crippen LogP contribution in [0.4, 0.5) is 0 Å². The first kappa shape index (κ1) is 17.2. The lowest BCUT2D eigenvalue weighted by molar-refractivity contribution is 0.186. The van der Waals surface area contributed by atoms with Gasteiger partial charge in [0.15, 0.2) is 16.4 Å². The largest absolute Gasteiger partial charge is 0.461 e. The quantitative estimate of drug-likeness (QED) is 0.580. The van der Waals surface area contributed by atoms with Gasteiger partial charge in [-0.2, -0.15) is 0 Å². The third-order valence-electron chi connectivity index (χ3n) is 4.98. The molecule has 0 atom stereocenters. The molecule has 5 nitrogen and oxygen atoms in total. The molecule has 1 aromatic carbocycles. The molecule has 4 rings (SSSR count). The van der Waals surface area contributed by atoms with Crippen LogP contribution in [0.2, 0.25) is 0 Å². The molecule has 1 fully saturated rings. The minimum atomic E-state index is 0.622. The molecular formula is C20H24N4OS. The van der Waals surface area contributed by atoms with E-state index in [1.54, 1.807) is 6.26 Å². The molecule has 0 aliphatic heterocycles. The van der Waals surface area contributed by atoms with Crippen LogP contribution >= 0.6 is 12.2 Å². The molecule has 1 saturated carbocycles. The van der Waals surface area contributed by atoms with Crippen LogP contribution in [-0.4, -0.2) is 25.3 Å². The van der Waals surface area contributed by atoms with E-state index in [0.29, 0.717) is 17.5 Å². The third kappa shape index (κ3) is 3.52. The Hall–Kier alpha value is -2.18. The molecule has 2 heterocycles. The van der Waals surface area contributed by atoms with Crippen molar-refractivity contribution in [3.05, 3.63) is 58.6 Å². The highest BCUT2D eigenvalue weighted by molar-refractivity contribution is 7.71. The van der Waals surface area contributed by atoms with E-state index in [-0.39, 0.29) is 0 Å². The van der Waals surface area contributed by atoms with Crippen molar-refractivity contribution in [1.82, 2.24) is 19.2 Å². The Morgan fingerprint density at radius 2 is 1.92 bits per heavy atom. The fraction of sp³-hybridized carbons (Fsp3) is 0.400. The number of furan rings is 1. The second-order valence-corrected chi connectivity index (χ2v) is 7.30. The Balaban J connectivity index is 1.55. The van der Waals surface area contributed by atoms with Crippen molar-refractivity contribution in [3.63, 3.8) is 0 Å². The highest BCUT2D eigenvalue weighted by atomic mass is 32.1. The first-order chi connectivity index (χ1) is 12.7. The molecule has 0 spiro atoms. The predicted molar refractivity (Wildman–Crippen MR) is 104 cm³/mol. The first-order valence-corrected chi connectivity index (χ1v) is 9.56. The molecule has 0 N–H and O–H groups in total. The molecule has 0 saturated heterocycles. The van der Waals surface area contributed by atoms with Crippen LogP contribution in [0.25, 0.3) is 11.6 Å². The lowest BCUT2D eigenvalue weighted by Gasteiger charge is -2.22. The maximum Gasteiger partial charge on any atom is 0.199 e. The summed E-state index contributed by atoms with van der Waals surface area (Å²) < 4.78 is 10.0. The molecule has 6 heteroatoms. The van der Waals surface area contributed by atoms with E-state index in [0.717, 1.165) is 24.6 Å². The molecular weight excluding hydrogens is 344 g/mol. The van der Waals surface area contributed by atoms with Gasteiger partial charge in [0, 0.05) is 19.6 Å². The van der Waals surface area contributed by atoms with Gasteiger partial charge >= 0.3 is 0 Å². The van der Waals surface area contributed by atoms with Crippen molar-refractivity contribution in [2.45, 2.75) is 45.4 Å². The van der Waals surface area contributed by atoms with Crippen molar-refractivity contribution in [2.24, 2.45) is 7.05 Å². The monoisotopic (exact) mass is 368 g/mol. The number of hydrogen-bond donors (Lipinski definition) is 0. The lowest BCUT2D eigenvalue weighted by Crippen LogP contribution is -2.29. The van der Waals surface area contributed by atoms with Crippen molar-refractivity contribution in [1.29, 1.82) is 0 Å². The summed E-state index contributed by atoms with van der Waals surface area (Å²) in [5.41, 5.74) is 2.71. The van der Waals surface area contributed by atoms with Gasteiger partial charge in [-0.05, 0) is 54.7 Å². The SMILES string of the molecule is CCc1ccc(CN(Cn2nc(-c3ccco3)n(C)c2=S)C2CC2)cc1. The number of aromatic nitrogens is 3. The van der Waals surface area contributed by atoms with Gasteiger partial charge in [0.05, 0.1) is 12.9 Å². The van der Waals surface area contributed by atoms with Crippen LogP contribution < -0.4 is 0 Å². The van der Waals surface area contributed by atoms with Gasteiger partial charge in [0.2, 0.25) is 0 Å². The van der Waals surface area contributed by atoms with Gasteiger partial charge in [-0.15, -0.1) is 5.10 Å². The Labute approximate surface area is 158 Å². The van der Waals surface area contributed by atoms with Crippen LogP contribution in [0.5, 0.6) is 0 Å². The average molecular weight is 369 g/mol. The highest BCUT2D eigenvalue weighted by Gasteiger charge is 2.30. The van der Waals surface area contributed by atoms with Gasteiger partial charge in [-0.1, -0.05) is 31.2 Å². The topological polar surface area (TPSA) is 39.1 Å². The average Bonchev–Trinajstić information content (AvgIpc) is 3.30. The van der Waals surface area contributed by atoms with Gasteiger partial charge in [-0.25, -0.2) is 4.68 Å². The van der Waals surface area contributed by atoms with E-state index in [1.165, 1.54) is 24.0 Å². The van der Waals surface area contributed by atoms with E-state index in [4.69, 9.17) is 21.7 Å². The molecule has 3 aromatic rings. The third-order valence-corrected chi connectivity index (χ3v) is 5.46. The lowest BCUT2D eigenvalue weighted by atomic mass is 10.1. The normalized spacial score (nSPS) is 14.3. The van der Waals surface area contributed by atoms with E-state index < -0.39 is 0 Å². The number of rotatable bonds is 7. The number of benzene rings is 1. The number of hydrogen-bond acceptors (Lipinski definition) is 4. The molecule has 0 bridgehead atoms. The zero-order valence-electron chi connectivity index (χ0n) is 15.3. The van der Waals surface area contributed by atoms with Gasteiger partial charge < -0.3 is 8.98 Å². The standard InChI is InChI=1S/C20H24N4OS/c1-3-15-6-8-16(9-7-15)13-23(17-10-11-17)14-24-20(26)22(2)19(21-24)18-5-4-12-25-18/h4-9,12,17H,3,10-11,13-14H2,1-2H3. The Morgan fingerprint density at radius 1 is 1.19 bits per heavy atom. The molecule has 136 valence electrons. The van der Waals surface area contributed by atoms with Gasteiger partial charge in [0.25, 0.3) is 0 Å². The number of aryl methyl sites for hydroxylation is 1. The van der Waals surface area contributed by atoms with Crippen LogP contribution in [0.15, 0.2) is 47.1 Å². The summed E-state index contributed by atoms with van der Waals surface area (Å²) in [6.07, 6.45) is 5.23. The van der Waals surface area contributed by atoms with Gasteiger partial charge in [-0.3, -0.25) is 4.90 Å². The van der Waals surface area contributed by atoms with E-state index in [1.807, 2.05) is 28.4 Å². The summed E-state index contributed by atoms with van der Waals surface area (Å²) in [5, 5.41) is 4.71.